The molecule has 0 saturated heterocycles. The zero-order valence-electron chi connectivity index (χ0n) is 8.02. The van der Waals surface area contributed by atoms with Gasteiger partial charge in [-0.15, -0.1) is 0 Å². The molecule has 0 amide bonds. The van der Waals surface area contributed by atoms with Gasteiger partial charge in [-0.3, -0.25) is 9.48 Å². The molecule has 1 aliphatic carbocycles. The van der Waals surface area contributed by atoms with E-state index in [0.29, 0.717) is 6.54 Å². The molecule has 1 N–H and O–H groups in total. The fraction of sp³-hybridized carbons (Fsp3) is 0.600. The summed E-state index contributed by atoms with van der Waals surface area (Å²) < 4.78 is 1.72. The van der Waals surface area contributed by atoms with Gasteiger partial charge in [0.2, 0.25) is 0 Å². The first-order valence-electron chi connectivity index (χ1n) is 4.94. The van der Waals surface area contributed by atoms with E-state index in [4.69, 9.17) is 0 Å². The van der Waals surface area contributed by atoms with E-state index in [1.54, 1.807) is 10.9 Å². The topological polar surface area (TPSA) is 55.1 Å². The monoisotopic (exact) mass is 194 g/mol. The van der Waals surface area contributed by atoms with Gasteiger partial charge in [0.15, 0.2) is 0 Å². The maximum Gasteiger partial charge on any atom is 0.311 e. The fourth-order valence-electron chi connectivity index (χ4n) is 2.20. The van der Waals surface area contributed by atoms with Crippen LogP contribution in [0, 0.1) is 5.41 Å². The molecule has 76 valence electrons. The van der Waals surface area contributed by atoms with Crippen molar-refractivity contribution in [3.63, 3.8) is 0 Å². The highest BCUT2D eigenvalue weighted by Gasteiger charge is 2.41. The number of carboxylic acid groups (broad SMARTS) is 1. The van der Waals surface area contributed by atoms with Crippen LogP contribution >= 0.6 is 0 Å². The Labute approximate surface area is 82.5 Å². The molecule has 1 saturated carbocycles. The van der Waals surface area contributed by atoms with Gasteiger partial charge in [0.05, 0.1) is 12.0 Å². The summed E-state index contributed by atoms with van der Waals surface area (Å²) in [6.45, 7) is 0.509. The number of nitrogens with zero attached hydrogens (tertiary/aromatic N) is 2. The molecular formula is C10H14N2O2. The summed E-state index contributed by atoms with van der Waals surface area (Å²) in [5, 5.41) is 13.3. The summed E-state index contributed by atoms with van der Waals surface area (Å²) in [5.41, 5.74) is -0.563. The van der Waals surface area contributed by atoms with Crippen LogP contribution in [0.25, 0.3) is 0 Å². The molecule has 1 fully saturated rings. The third kappa shape index (κ3) is 1.52. The Morgan fingerprint density at radius 2 is 2.21 bits per heavy atom. The molecule has 14 heavy (non-hydrogen) atoms. The van der Waals surface area contributed by atoms with Gasteiger partial charge in [-0.2, -0.15) is 5.10 Å². The minimum Gasteiger partial charge on any atom is -0.481 e. The summed E-state index contributed by atoms with van der Waals surface area (Å²) in [6, 6.07) is 1.82. The molecule has 1 heterocycles. The Balaban J connectivity index is 2.16. The second kappa shape index (κ2) is 3.44. The first kappa shape index (κ1) is 9.24. The van der Waals surface area contributed by atoms with Crippen molar-refractivity contribution < 1.29 is 9.90 Å². The Bertz CT molecular complexity index is 313. The molecule has 4 heteroatoms. The Hall–Kier alpha value is -1.32. The third-order valence-corrected chi connectivity index (χ3v) is 3.04. The largest absolute Gasteiger partial charge is 0.481 e. The van der Waals surface area contributed by atoms with E-state index in [9.17, 15) is 9.90 Å². The van der Waals surface area contributed by atoms with Crippen molar-refractivity contribution in [1.29, 1.82) is 0 Å². The van der Waals surface area contributed by atoms with Crippen LogP contribution in [0.2, 0.25) is 0 Å². The maximum atomic E-state index is 11.2. The van der Waals surface area contributed by atoms with E-state index in [2.05, 4.69) is 5.10 Å². The quantitative estimate of drug-likeness (QED) is 0.793. The molecule has 0 atom stereocenters. The second-order valence-electron chi connectivity index (χ2n) is 4.00. The van der Waals surface area contributed by atoms with Gasteiger partial charge >= 0.3 is 5.97 Å². The van der Waals surface area contributed by atoms with Crippen molar-refractivity contribution in [2.45, 2.75) is 32.2 Å². The van der Waals surface area contributed by atoms with E-state index >= 15 is 0 Å². The fourth-order valence-corrected chi connectivity index (χ4v) is 2.20. The number of hydrogen-bond acceptors (Lipinski definition) is 2. The van der Waals surface area contributed by atoms with Crippen molar-refractivity contribution in [2.24, 2.45) is 5.41 Å². The summed E-state index contributed by atoms with van der Waals surface area (Å²) in [5.74, 6) is -0.675. The van der Waals surface area contributed by atoms with Crippen molar-refractivity contribution in [3.05, 3.63) is 18.5 Å². The van der Waals surface area contributed by atoms with Crippen LogP contribution in [0.5, 0.6) is 0 Å². The summed E-state index contributed by atoms with van der Waals surface area (Å²) in [6.07, 6.45) is 7.11. The molecule has 0 unspecified atom stereocenters. The van der Waals surface area contributed by atoms with E-state index in [1.165, 1.54) is 0 Å². The van der Waals surface area contributed by atoms with Gasteiger partial charge in [0.25, 0.3) is 0 Å². The number of hydrogen-bond donors (Lipinski definition) is 1. The first-order chi connectivity index (χ1) is 6.73. The molecular weight excluding hydrogens is 180 g/mol. The van der Waals surface area contributed by atoms with E-state index < -0.39 is 11.4 Å². The standard InChI is InChI=1S/C10H14N2O2/c13-9(14)10(4-1-2-5-10)8-12-7-3-6-11-12/h3,6-7H,1-2,4-5,8H2,(H,13,14). The van der Waals surface area contributed by atoms with Crippen LogP contribution < -0.4 is 0 Å². The second-order valence-corrected chi connectivity index (χ2v) is 4.00. The molecule has 1 aromatic rings. The molecule has 1 aromatic heterocycles. The predicted molar refractivity (Wildman–Crippen MR) is 50.8 cm³/mol. The highest BCUT2D eigenvalue weighted by atomic mass is 16.4. The minimum absolute atomic E-state index is 0.509. The van der Waals surface area contributed by atoms with Crippen LogP contribution in [0.1, 0.15) is 25.7 Å². The summed E-state index contributed by atoms with van der Waals surface area (Å²) >= 11 is 0. The molecule has 0 radical (unpaired) electrons. The van der Waals surface area contributed by atoms with E-state index in [0.717, 1.165) is 25.7 Å². The number of carbonyl (C=O) groups is 1. The zero-order valence-corrected chi connectivity index (χ0v) is 8.02. The van der Waals surface area contributed by atoms with Gasteiger partial charge in [0, 0.05) is 12.4 Å². The molecule has 0 spiro atoms. The smallest absolute Gasteiger partial charge is 0.311 e. The van der Waals surface area contributed by atoms with Gasteiger partial charge in [-0.1, -0.05) is 12.8 Å². The van der Waals surface area contributed by atoms with E-state index in [1.807, 2.05) is 12.3 Å². The van der Waals surface area contributed by atoms with Crippen LogP contribution in [0.15, 0.2) is 18.5 Å². The number of carboxylic acids is 1. The predicted octanol–water partition coefficient (Wildman–Crippen LogP) is 1.53. The molecule has 2 rings (SSSR count). The normalized spacial score (nSPS) is 19.7. The number of rotatable bonds is 3. The number of aliphatic carboxylic acids is 1. The summed E-state index contributed by atoms with van der Waals surface area (Å²) in [4.78, 5) is 11.2. The van der Waals surface area contributed by atoms with Crippen molar-refractivity contribution >= 4 is 5.97 Å². The lowest BCUT2D eigenvalue weighted by Crippen LogP contribution is -2.32. The Morgan fingerprint density at radius 3 is 2.71 bits per heavy atom. The van der Waals surface area contributed by atoms with Crippen LogP contribution in [-0.2, 0) is 11.3 Å². The average molecular weight is 194 g/mol. The highest BCUT2D eigenvalue weighted by molar-refractivity contribution is 5.74. The molecule has 0 aliphatic heterocycles. The van der Waals surface area contributed by atoms with Crippen molar-refractivity contribution in [3.8, 4) is 0 Å². The Morgan fingerprint density at radius 1 is 1.50 bits per heavy atom. The van der Waals surface area contributed by atoms with E-state index in [-0.39, 0.29) is 0 Å². The molecule has 0 aromatic carbocycles. The lowest BCUT2D eigenvalue weighted by Gasteiger charge is -2.23. The van der Waals surface area contributed by atoms with Crippen LogP contribution in [0.4, 0.5) is 0 Å². The lowest BCUT2D eigenvalue weighted by atomic mass is 9.86. The SMILES string of the molecule is O=C(O)C1(Cn2cccn2)CCCC1. The summed E-state index contributed by atoms with van der Waals surface area (Å²) in [7, 11) is 0. The van der Waals surface area contributed by atoms with Gasteiger partial charge in [0.1, 0.15) is 0 Å². The van der Waals surface area contributed by atoms with Crippen molar-refractivity contribution in [2.75, 3.05) is 0 Å². The van der Waals surface area contributed by atoms with Gasteiger partial charge in [-0.25, -0.2) is 0 Å². The number of aromatic nitrogens is 2. The lowest BCUT2D eigenvalue weighted by molar-refractivity contribution is -0.149. The minimum atomic E-state index is -0.675. The van der Waals surface area contributed by atoms with Gasteiger partial charge < -0.3 is 5.11 Å². The zero-order chi connectivity index (χ0) is 10.0. The van der Waals surface area contributed by atoms with Crippen molar-refractivity contribution in [1.82, 2.24) is 9.78 Å². The molecule has 1 aliphatic rings. The molecule has 0 bridgehead atoms. The van der Waals surface area contributed by atoms with Gasteiger partial charge in [-0.05, 0) is 18.9 Å². The highest BCUT2D eigenvalue weighted by Crippen LogP contribution is 2.39. The third-order valence-electron chi connectivity index (χ3n) is 3.04. The molecule has 4 nitrogen and oxygen atoms in total. The van der Waals surface area contributed by atoms with Crippen LogP contribution in [-0.4, -0.2) is 20.9 Å². The maximum absolute atomic E-state index is 11.2. The first-order valence-corrected chi connectivity index (χ1v) is 4.94. The van der Waals surface area contributed by atoms with Crippen LogP contribution in [0.3, 0.4) is 0 Å². The average Bonchev–Trinajstić information content (AvgIpc) is 2.76. The Kier molecular flexibility index (Phi) is 2.27.